The van der Waals surface area contributed by atoms with Crippen molar-refractivity contribution in [3.05, 3.63) is 45.1 Å². The zero-order valence-electron chi connectivity index (χ0n) is 10.9. The second kappa shape index (κ2) is 6.50. The van der Waals surface area contributed by atoms with Gasteiger partial charge in [0.15, 0.2) is 0 Å². The maximum atomic E-state index is 6.09. The highest BCUT2D eigenvalue weighted by Crippen LogP contribution is 2.28. The molecule has 1 atom stereocenters. The predicted molar refractivity (Wildman–Crippen MR) is 80.3 cm³/mol. The molecule has 0 fully saturated rings. The van der Waals surface area contributed by atoms with Crippen molar-refractivity contribution in [2.24, 2.45) is 7.05 Å². The molecule has 0 spiro atoms. The molecule has 0 amide bonds. The summed E-state index contributed by atoms with van der Waals surface area (Å²) in [6, 6.07) is 5.99. The normalized spacial score (nSPS) is 12.6. The van der Waals surface area contributed by atoms with Crippen molar-refractivity contribution >= 4 is 27.5 Å². The van der Waals surface area contributed by atoms with Crippen LogP contribution in [-0.2, 0) is 13.5 Å². The number of nitrogens with one attached hydrogen (secondary N) is 1. The minimum absolute atomic E-state index is 0.162. The first-order chi connectivity index (χ1) is 9.10. The van der Waals surface area contributed by atoms with Gasteiger partial charge in [0.05, 0.1) is 5.69 Å². The SMILES string of the molecule is CCNC(Cc1cn(C)nn1)c1cc(Cl)ccc1Br. The van der Waals surface area contributed by atoms with E-state index in [-0.39, 0.29) is 6.04 Å². The van der Waals surface area contributed by atoms with E-state index in [0.29, 0.717) is 0 Å². The number of aromatic nitrogens is 3. The van der Waals surface area contributed by atoms with Crippen molar-refractivity contribution in [2.45, 2.75) is 19.4 Å². The molecule has 0 radical (unpaired) electrons. The van der Waals surface area contributed by atoms with Gasteiger partial charge in [-0.25, -0.2) is 0 Å². The van der Waals surface area contributed by atoms with Crippen LogP contribution in [-0.4, -0.2) is 21.5 Å². The Labute approximate surface area is 126 Å². The Morgan fingerprint density at radius 2 is 2.26 bits per heavy atom. The van der Waals surface area contributed by atoms with Gasteiger partial charge in [-0.1, -0.05) is 39.7 Å². The average Bonchev–Trinajstić information content (AvgIpc) is 2.77. The van der Waals surface area contributed by atoms with Gasteiger partial charge in [0.1, 0.15) is 0 Å². The van der Waals surface area contributed by atoms with Gasteiger partial charge in [0.25, 0.3) is 0 Å². The van der Waals surface area contributed by atoms with E-state index in [9.17, 15) is 0 Å². The third-order valence-electron chi connectivity index (χ3n) is 2.85. The molecule has 6 heteroatoms. The molecule has 0 saturated carbocycles. The molecule has 0 aliphatic rings. The summed E-state index contributed by atoms with van der Waals surface area (Å²) in [5.74, 6) is 0. The fraction of sp³-hybridized carbons (Fsp3) is 0.385. The highest BCUT2D eigenvalue weighted by molar-refractivity contribution is 9.10. The summed E-state index contributed by atoms with van der Waals surface area (Å²) >= 11 is 9.67. The molecule has 19 heavy (non-hydrogen) atoms. The van der Waals surface area contributed by atoms with Crippen LogP contribution in [0, 0.1) is 0 Å². The topological polar surface area (TPSA) is 42.7 Å². The van der Waals surface area contributed by atoms with Crippen LogP contribution in [0.3, 0.4) is 0 Å². The largest absolute Gasteiger partial charge is 0.310 e. The number of hydrogen-bond acceptors (Lipinski definition) is 3. The molecule has 1 N–H and O–H groups in total. The molecule has 1 aromatic heterocycles. The van der Waals surface area contributed by atoms with Crippen molar-refractivity contribution in [2.75, 3.05) is 6.54 Å². The smallest absolute Gasteiger partial charge is 0.0845 e. The Balaban J connectivity index is 2.26. The van der Waals surface area contributed by atoms with Gasteiger partial charge in [0, 0.05) is 35.2 Å². The number of benzene rings is 1. The fourth-order valence-electron chi connectivity index (χ4n) is 2.02. The van der Waals surface area contributed by atoms with Crippen LogP contribution in [0.5, 0.6) is 0 Å². The monoisotopic (exact) mass is 342 g/mol. The van der Waals surface area contributed by atoms with Gasteiger partial charge in [-0.05, 0) is 30.3 Å². The Morgan fingerprint density at radius 3 is 2.89 bits per heavy atom. The Morgan fingerprint density at radius 1 is 1.47 bits per heavy atom. The lowest BCUT2D eigenvalue weighted by atomic mass is 10.0. The first-order valence-corrected chi connectivity index (χ1v) is 7.30. The van der Waals surface area contributed by atoms with Crippen molar-refractivity contribution in [3.63, 3.8) is 0 Å². The zero-order valence-corrected chi connectivity index (χ0v) is 13.2. The second-order valence-corrected chi connectivity index (χ2v) is 5.65. The number of likely N-dealkylation sites (N-methyl/N-ethyl adjacent to an activating group) is 1. The minimum Gasteiger partial charge on any atom is -0.310 e. The number of halogens is 2. The highest BCUT2D eigenvalue weighted by Gasteiger charge is 2.16. The Hall–Kier alpha value is -0.910. The van der Waals surface area contributed by atoms with Gasteiger partial charge >= 0.3 is 0 Å². The van der Waals surface area contributed by atoms with Crippen molar-refractivity contribution in [3.8, 4) is 0 Å². The standard InChI is InChI=1S/C13H16BrClN4/c1-3-16-13(7-10-8-19(2)18-17-10)11-6-9(15)4-5-12(11)14/h4-6,8,13,16H,3,7H2,1-2H3. The number of hydrogen-bond donors (Lipinski definition) is 1. The molecule has 1 heterocycles. The minimum atomic E-state index is 0.162. The van der Waals surface area contributed by atoms with E-state index < -0.39 is 0 Å². The molecule has 0 aliphatic carbocycles. The van der Waals surface area contributed by atoms with Crippen LogP contribution in [0.25, 0.3) is 0 Å². The van der Waals surface area contributed by atoms with Crippen LogP contribution >= 0.6 is 27.5 Å². The average molecular weight is 344 g/mol. The van der Waals surface area contributed by atoms with Crippen LogP contribution in [0.4, 0.5) is 0 Å². The molecule has 0 aliphatic heterocycles. The molecule has 1 aromatic carbocycles. The van der Waals surface area contributed by atoms with Crippen LogP contribution in [0.2, 0.25) is 5.02 Å². The molecule has 2 rings (SSSR count). The van der Waals surface area contributed by atoms with Gasteiger partial charge in [-0.2, -0.15) is 0 Å². The maximum Gasteiger partial charge on any atom is 0.0845 e. The van der Waals surface area contributed by atoms with Crippen molar-refractivity contribution in [1.82, 2.24) is 20.3 Å². The maximum absolute atomic E-state index is 6.09. The van der Waals surface area contributed by atoms with Gasteiger partial charge in [-0.15, -0.1) is 5.10 Å². The third kappa shape index (κ3) is 3.78. The summed E-state index contributed by atoms with van der Waals surface area (Å²) < 4.78 is 2.76. The van der Waals surface area contributed by atoms with Crippen LogP contribution in [0.15, 0.2) is 28.9 Å². The molecule has 102 valence electrons. The molecule has 4 nitrogen and oxygen atoms in total. The summed E-state index contributed by atoms with van der Waals surface area (Å²) in [6.45, 7) is 2.96. The zero-order chi connectivity index (χ0) is 13.8. The number of nitrogens with zero attached hydrogens (tertiary/aromatic N) is 3. The number of rotatable bonds is 5. The summed E-state index contributed by atoms with van der Waals surface area (Å²) in [7, 11) is 1.87. The second-order valence-electron chi connectivity index (χ2n) is 4.36. The fourth-order valence-corrected chi connectivity index (χ4v) is 2.72. The summed E-state index contributed by atoms with van der Waals surface area (Å²) in [4.78, 5) is 0. The van der Waals surface area contributed by atoms with Gasteiger partial charge in [-0.3, -0.25) is 4.68 Å². The number of aryl methyl sites for hydroxylation is 1. The van der Waals surface area contributed by atoms with E-state index in [1.807, 2.05) is 31.4 Å². The Kier molecular flexibility index (Phi) is 4.96. The van der Waals surface area contributed by atoms with Crippen molar-refractivity contribution in [1.29, 1.82) is 0 Å². The summed E-state index contributed by atoms with van der Waals surface area (Å²) in [5, 5.41) is 12.3. The molecular weight excluding hydrogens is 328 g/mol. The summed E-state index contributed by atoms with van der Waals surface area (Å²) in [5.41, 5.74) is 2.10. The first kappa shape index (κ1) is 14.5. The first-order valence-electron chi connectivity index (χ1n) is 6.13. The van der Waals surface area contributed by atoms with Gasteiger partial charge in [0.2, 0.25) is 0 Å². The van der Waals surface area contributed by atoms with E-state index in [1.165, 1.54) is 0 Å². The Bertz CT molecular complexity index is 555. The lowest BCUT2D eigenvalue weighted by molar-refractivity contribution is 0.541. The molecule has 1 unspecified atom stereocenters. The predicted octanol–water partition coefficient (Wildman–Crippen LogP) is 3.12. The molecule has 0 saturated heterocycles. The van der Waals surface area contributed by atoms with E-state index in [2.05, 4.69) is 38.5 Å². The summed E-state index contributed by atoms with van der Waals surface area (Å²) in [6.07, 6.45) is 2.71. The van der Waals surface area contributed by atoms with Gasteiger partial charge < -0.3 is 5.32 Å². The van der Waals surface area contributed by atoms with Crippen LogP contribution < -0.4 is 5.32 Å². The quantitative estimate of drug-likeness (QED) is 0.907. The lowest BCUT2D eigenvalue weighted by Gasteiger charge is -2.19. The lowest BCUT2D eigenvalue weighted by Crippen LogP contribution is -2.23. The van der Waals surface area contributed by atoms with Crippen molar-refractivity contribution < 1.29 is 0 Å². The van der Waals surface area contributed by atoms with E-state index in [0.717, 1.165) is 33.7 Å². The molecule has 0 bridgehead atoms. The molecular formula is C13H16BrClN4. The third-order valence-corrected chi connectivity index (χ3v) is 3.80. The van der Waals surface area contributed by atoms with Crippen LogP contribution in [0.1, 0.15) is 24.2 Å². The van der Waals surface area contributed by atoms with E-state index in [4.69, 9.17) is 11.6 Å². The van der Waals surface area contributed by atoms with E-state index >= 15 is 0 Å². The highest BCUT2D eigenvalue weighted by atomic mass is 79.9. The van der Waals surface area contributed by atoms with E-state index in [1.54, 1.807) is 4.68 Å². The molecule has 2 aromatic rings.